The van der Waals surface area contributed by atoms with Gasteiger partial charge in [-0.25, -0.2) is 4.90 Å². The maximum Gasteiger partial charge on any atom is 0.247 e. The Labute approximate surface area is 160 Å². The Morgan fingerprint density at radius 3 is 2.65 bits per heavy atom. The highest BCUT2D eigenvalue weighted by Gasteiger charge is 2.39. The highest BCUT2D eigenvalue weighted by atomic mass is 35.5. The van der Waals surface area contributed by atoms with Crippen LogP contribution in [0.15, 0.2) is 48.5 Å². The van der Waals surface area contributed by atoms with Gasteiger partial charge in [-0.15, -0.1) is 11.8 Å². The quantitative estimate of drug-likeness (QED) is 0.794. The Morgan fingerprint density at radius 1 is 1.23 bits per heavy atom. The van der Waals surface area contributed by atoms with E-state index in [9.17, 15) is 14.4 Å². The van der Waals surface area contributed by atoms with Crippen LogP contribution in [0.4, 0.5) is 11.4 Å². The molecule has 0 bridgehead atoms. The number of imide groups is 1. The van der Waals surface area contributed by atoms with Gasteiger partial charge in [-0.2, -0.15) is 0 Å². The average molecular weight is 389 g/mol. The first-order valence-corrected chi connectivity index (χ1v) is 9.48. The molecule has 0 saturated carbocycles. The smallest absolute Gasteiger partial charge is 0.247 e. The molecule has 1 heterocycles. The minimum Gasteiger partial charge on any atom is -0.325 e. The largest absolute Gasteiger partial charge is 0.325 e. The van der Waals surface area contributed by atoms with Gasteiger partial charge in [0.2, 0.25) is 17.7 Å². The molecular formula is C19H17ClN2O3S. The first-order chi connectivity index (χ1) is 12.5. The molecule has 1 atom stereocenters. The standard InChI is InChI=1S/C19H17ClN2O3S/c1-12-7-8-13(9-15(12)20)21-17(23)11-26-16-10-18(24)22(19(16)25)14-5-3-2-4-6-14/h2-9,16H,10-11H2,1H3,(H,21,23)/t16-/m0/s1. The fourth-order valence-corrected chi connectivity index (χ4v) is 3.74. The van der Waals surface area contributed by atoms with E-state index in [2.05, 4.69) is 5.32 Å². The number of carbonyl (C=O) groups excluding carboxylic acids is 3. The van der Waals surface area contributed by atoms with E-state index in [1.807, 2.05) is 19.1 Å². The highest BCUT2D eigenvalue weighted by Crippen LogP contribution is 2.29. The normalized spacial score (nSPS) is 16.8. The summed E-state index contributed by atoms with van der Waals surface area (Å²) in [5.74, 6) is -0.687. The summed E-state index contributed by atoms with van der Waals surface area (Å²) in [6.07, 6.45) is 0.0992. The van der Waals surface area contributed by atoms with Crippen LogP contribution in [0, 0.1) is 6.92 Å². The lowest BCUT2D eigenvalue weighted by molar-refractivity contribution is -0.121. The maximum atomic E-state index is 12.5. The topological polar surface area (TPSA) is 66.5 Å². The number of hydrogen-bond acceptors (Lipinski definition) is 4. The lowest BCUT2D eigenvalue weighted by atomic mass is 10.2. The number of nitrogens with one attached hydrogen (secondary N) is 1. The second-order valence-electron chi connectivity index (χ2n) is 5.92. The number of anilines is 2. The lowest BCUT2D eigenvalue weighted by Crippen LogP contribution is -2.31. The van der Waals surface area contributed by atoms with Gasteiger partial charge in [-0.05, 0) is 36.8 Å². The van der Waals surface area contributed by atoms with Crippen molar-refractivity contribution in [3.05, 3.63) is 59.1 Å². The SMILES string of the molecule is Cc1ccc(NC(=O)CS[C@H]2CC(=O)N(c3ccccc3)C2=O)cc1Cl. The zero-order chi connectivity index (χ0) is 18.7. The van der Waals surface area contributed by atoms with Crippen LogP contribution in [-0.2, 0) is 14.4 Å². The molecule has 26 heavy (non-hydrogen) atoms. The molecule has 3 rings (SSSR count). The van der Waals surface area contributed by atoms with Gasteiger partial charge in [0.25, 0.3) is 0 Å². The predicted octanol–water partition coefficient (Wildman–Crippen LogP) is 3.65. The summed E-state index contributed by atoms with van der Waals surface area (Å²) in [6.45, 7) is 1.88. The minimum absolute atomic E-state index is 0.0812. The molecule has 3 amide bonds. The number of benzene rings is 2. The summed E-state index contributed by atoms with van der Waals surface area (Å²) in [5, 5.41) is 2.78. The molecule has 7 heteroatoms. The van der Waals surface area contributed by atoms with Gasteiger partial charge in [0.05, 0.1) is 16.7 Å². The van der Waals surface area contributed by atoms with E-state index >= 15 is 0 Å². The van der Waals surface area contributed by atoms with Crippen LogP contribution >= 0.6 is 23.4 Å². The highest BCUT2D eigenvalue weighted by molar-refractivity contribution is 8.01. The summed E-state index contributed by atoms with van der Waals surface area (Å²) in [4.78, 5) is 38.0. The van der Waals surface area contributed by atoms with E-state index in [0.29, 0.717) is 16.4 Å². The van der Waals surface area contributed by atoms with Crippen molar-refractivity contribution >= 4 is 52.5 Å². The van der Waals surface area contributed by atoms with Crippen molar-refractivity contribution in [3.8, 4) is 0 Å². The maximum absolute atomic E-state index is 12.5. The average Bonchev–Trinajstić information content (AvgIpc) is 2.91. The molecule has 2 aromatic carbocycles. The van der Waals surface area contributed by atoms with Gasteiger partial charge < -0.3 is 5.32 Å². The first kappa shape index (κ1) is 18.5. The monoisotopic (exact) mass is 388 g/mol. The van der Waals surface area contributed by atoms with E-state index in [4.69, 9.17) is 11.6 Å². The van der Waals surface area contributed by atoms with E-state index in [1.54, 1.807) is 36.4 Å². The summed E-state index contributed by atoms with van der Waals surface area (Å²) in [7, 11) is 0. The number of carbonyl (C=O) groups is 3. The molecule has 0 unspecified atom stereocenters. The molecule has 1 N–H and O–H groups in total. The Kier molecular flexibility index (Phi) is 5.64. The van der Waals surface area contributed by atoms with Crippen LogP contribution in [0.3, 0.4) is 0 Å². The third-order valence-electron chi connectivity index (χ3n) is 3.99. The summed E-state index contributed by atoms with van der Waals surface area (Å²) < 4.78 is 0. The zero-order valence-corrected chi connectivity index (χ0v) is 15.6. The molecule has 0 spiro atoms. The Balaban J connectivity index is 1.58. The van der Waals surface area contributed by atoms with Crippen LogP contribution in [-0.4, -0.2) is 28.7 Å². The number of para-hydroxylation sites is 1. The first-order valence-electron chi connectivity index (χ1n) is 8.05. The van der Waals surface area contributed by atoms with Crippen molar-refractivity contribution in [1.29, 1.82) is 0 Å². The molecule has 1 saturated heterocycles. The van der Waals surface area contributed by atoms with Crippen LogP contribution in [0.1, 0.15) is 12.0 Å². The molecule has 1 fully saturated rings. The molecular weight excluding hydrogens is 372 g/mol. The molecule has 0 radical (unpaired) electrons. The number of halogens is 1. The second kappa shape index (κ2) is 7.93. The lowest BCUT2D eigenvalue weighted by Gasteiger charge is -2.14. The number of nitrogens with zero attached hydrogens (tertiary/aromatic N) is 1. The van der Waals surface area contributed by atoms with Gasteiger partial charge in [0.1, 0.15) is 0 Å². The fourth-order valence-electron chi connectivity index (χ4n) is 2.63. The van der Waals surface area contributed by atoms with Gasteiger partial charge in [0, 0.05) is 17.1 Å². The van der Waals surface area contributed by atoms with Crippen LogP contribution in [0.2, 0.25) is 5.02 Å². The molecule has 134 valence electrons. The van der Waals surface area contributed by atoms with Gasteiger partial charge >= 0.3 is 0 Å². The predicted molar refractivity (Wildman–Crippen MR) is 105 cm³/mol. The number of amides is 3. The van der Waals surface area contributed by atoms with Crippen LogP contribution < -0.4 is 10.2 Å². The number of rotatable bonds is 5. The fraction of sp³-hybridized carbons (Fsp3) is 0.211. The van der Waals surface area contributed by atoms with Crippen molar-refractivity contribution in [2.45, 2.75) is 18.6 Å². The summed E-state index contributed by atoms with van der Waals surface area (Å²) >= 11 is 7.22. The Hall–Kier alpha value is -2.31. The molecule has 0 aromatic heterocycles. The van der Waals surface area contributed by atoms with E-state index < -0.39 is 5.25 Å². The Morgan fingerprint density at radius 2 is 1.96 bits per heavy atom. The van der Waals surface area contributed by atoms with Crippen LogP contribution in [0.5, 0.6) is 0 Å². The number of aryl methyl sites for hydroxylation is 1. The Bertz CT molecular complexity index is 857. The number of hydrogen-bond donors (Lipinski definition) is 1. The summed E-state index contributed by atoms with van der Waals surface area (Å²) in [5.41, 5.74) is 2.09. The van der Waals surface area contributed by atoms with Crippen LogP contribution in [0.25, 0.3) is 0 Å². The molecule has 1 aliphatic rings. The number of thioether (sulfide) groups is 1. The van der Waals surface area contributed by atoms with Gasteiger partial charge in [0.15, 0.2) is 0 Å². The van der Waals surface area contributed by atoms with Crippen molar-refractivity contribution in [1.82, 2.24) is 0 Å². The molecule has 0 aliphatic carbocycles. The van der Waals surface area contributed by atoms with E-state index in [0.717, 1.165) is 5.56 Å². The zero-order valence-electron chi connectivity index (χ0n) is 14.1. The van der Waals surface area contributed by atoms with Crippen molar-refractivity contribution in [2.24, 2.45) is 0 Å². The van der Waals surface area contributed by atoms with Gasteiger partial charge in [-0.3, -0.25) is 14.4 Å². The molecule has 1 aliphatic heterocycles. The van der Waals surface area contributed by atoms with Crippen molar-refractivity contribution < 1.29 is 14.4 Å². The molecule has 5 nitrogen and oxygen atoms in total. The van der Waals surface area contributed by atoms with E-state index in [-0.39, 0.29) is 29.9 Å². The minimum atomic E-state index is -0.546. The molecule has 2 aromatic rings. The third-order valence-corrected chi connectivity index (χ3v) is 5.60. The summed E-state index contributed by atoms with van der Waals surface area (Å²) in [6, 6.07) is 14.1. The van der Waals surface area contributed by atoms with Crippen molar-refractivity contribution in [2.75, 3.05) is 16.0 Å². The third kappa shape index (κ3) is 4.08. The van der Waals surface area contributed by atoms with E-state index in [1.165, 1.54) is 16.7 Å². The van der Waals surface area contributed by atoms with Gasteiger partial charge in [-0.1, -0.05) is 35.9 Å². The van der Waals surface area contributed by atoms with Crippen molar-refractivity contribution in [3.63, 3.8) is 0 Å². The second-order valence-corrected chi connectivity index (χ2v) is 7.52.